The second-order valence-electron chi connectivity index (χ2n) is 7.29. The monoisotopic (exact) mass is 391 g/mol. The third kappa shape index (κ3) is 2.79. The van der Waals surface area contributed by atoms with Gasteiger partial charge < -0.3 is 9.80 Å². The zero-order chi connectivity index (χ0) is 20.1. The molecular weight excluding hydrogens is 370 g/mol. The van der Waals surface area contributed by atoms with Gasteiger partial charge in [0.15, 0.2) is 11.3 Å². The van der Waals surface area contributed by atoms with E-state index >= 15 is 0 Å². The molecule has 0 aromatic carbocycles. The number of piperazine rings is 1. The molecular formula is C19H21N9O. The Bertz CT molecular complexity index is 1230. The summed E-state index contributed by atoms with van der Waals surface area (Å²) in [4.78, 5) is 30.3. The van der Waals surface area contributed by atoms with Crippen LogP contribution in [0.5, 0.6) is 0 Å². The van der Waals surface area contributed by atoms with Crippen molar-refractivity contribution in [3.63, 3.8) is 0 Å². The minimum absolute atomic E-state index is 0.00323. The number of aryl methyl sites for hydroxylation is 3. The maximum absolute atomic E-state index is 13.0. The summed E-state index contributed by atoms with van der Waals surface area (Å²) in [5.41, 5.74) is 3.06. The summed E-state index contributed by atoms with van der Waals surface area (Å²) in [6.07, 6.45) is 5.00. The molecule has 0 bridgehead atoms. The first-order valence-corrected chi connectivity index (χ1v) is 9.49. The quantitative estimate of drug-likeness (QED) is 0.501. The van der Waals surface area contributed by atoms with Gasteiger partial charge in [-0.1, -0.05) is 0 Å². The zero-order valence-electron chi connectivity index (χ0n) is 16.6. The maximum Gasteiger partial charge on any atom is 0.255 e. The number of hydrogen-bond acceptors (Lipinski definition) is 7. The summed E-state index contributed by atoms with van der Waals surface area (Å²) in [5, 5.41) is 10.5. The SMILES string of the molecule is Cc1nn(C)c2ncc(C(=O)N3CCN(c4ncnc5c4cnn5C)CC3)cc12. The van der Waals surface area contributed by atoms with Crippen LogP contribution in [0.1, 0.15) is 16.1 Å². The van der Waals surface area contributed by atoms with E-state index in [1.165, 1.54) is 0 Å². The first-order chi connectivity index (χ1) is 14.0. The molecule has 0 unspecified atom stereocenters. The first kappa shape index (κ1) is 17.5. The molecule has 1 amide bonds. The van der Waals surface area contributed by atoms with Gasteiger partial charge in [0.1, 0.15) is 12.1 Å². The van der Waals surface area contributed by atoms with E-state index in [2.05, 4.69) is 30.0 Å². The molecule has 10 heteroatoms. The molecule has 5 heterocycles. The van der Waals surface area contributed by atoms with E-state index in [0.29, 0.717) is 31.7 Å². The predicted octanol–water partition coefficient (Wildman–Crippen LogP) is 0.916. The highest BCUT2D eigenvalue weighted by molar-refractivity contribution is 5.97. The van der Waals surface area contributed by atoms with Gasteiger partial charge in [0.2, 0.25) is 0 Å². The highest BCUT2D eigenvalue weighted by Gasteiger charge is 2.25. The highest BCUT2D eigenvalue weighted by Crippen LogP contribution is 2.24. The Morgan fingerprint density at radius 3 is 2.48 bits per heavy atom. The molecule has 0 atom stereocenters. The van der Waals surface area contributed by atoms with Crippen LogP contribution < -0.4 is 4.90 Å². The number of rotatable bonds is 2. The topological polar surface area (TPSA) is 97.9 Å². The van der Waals surface area contributed by atoms with Gasteiger partial charge in [-0.25, -0.2) is 15.0 Å². The van der Waals surface area contributed by atoms with Gasteiger partial charge in [0, 0.05) is 51.9 Å². The molecule has 4 aromatic heterocycles. The van der Waals surface area contributed by atoms with Crippen molar-refractivity contribution < 1.29 is 4.79 Å². The minimum atomic E-state index is -0.00323. The fraction of sp³-hybridized carbons (Fsp3) is 0.368. The minimum Gasteiger partial charge on any atom is -0.352 e. The molecule has 0 N–H and O–H groups in total. The first-order valence-electron chi connectivity index (χ1n) is 9.49. The van der Waals surface area contributed by atoms with Crippen LogP contribution in [0.2, 0.25) is 0 Å². The number of carbonyl (C=O) groups is 1. The summed E-state index contributed by atoms with van der Waals surface area (Å²) in [5.74, 6) is 0.862. The molecule has 29 heavy (non-hydrogen) atoms. The second-order valence-corrected chi connectivity index (χ2v) is 7.29. The number of fused-ring (bicyclic) bond motifs is 2. The summed E-state index contributed by atoms with van der Waals surface area (Å²) in [6.45, 7) is 4.57. The fourth-order valence-electron chi connectivity index (χ4n) is 3.93. The van der Waals surface area contributed by atoms with Gasteiger partial charge in [-0.2, -0.15) is 10.2 Å². The Hall–Kier alpha value is -3.56. The lowest BCUT2D eigenvalue weighted by Gasteiger charge is -2.35. The number of amides is 1. The lowest BCUT2D eigenvalue weighted by molar-refractivity contribution is 0.0746. The molecule has 0 saturated carbocycles. The van der Waals surface area contributed by atoms with Crippen LogP contribution in [0.15, 0.2) is 24.8 Å². The van der Waals surface area contributed by atoms with Crippen molar-refractivity contribution in [2.45, 2.75) is 6.92 Å². The molecule has 1 aliphatic rings. The van der Waals surface area contributed by atoms with Gasteiger partial charge in [-0.15, -0.1) is 0 Å². The van der Waals surface area contributed by atoms with Crippen LogP contribution in [0, 0.1) is 6.92 Å². The van der Waals surface area contributed by atoms with E-state index in [4.69, 9.17) is 0 Å². The Morgan fingerprint density at radius 2 is 1.69 bits per heavy atom. The average Bonchev–Trinajstić information content (AvgIpc) is 3.27. The van der Waals surface area contributed by atoms with E-state index in [0.717, 1.165) is 33.6 Å². The number of carbonyl (C=O) groups excluding carboxylic acids is 1. The summed E-state index contributed by atoms with van der Waals surface area (Å²) < 4.78 is 3.47. The van der Waals surface area contributed by atoms with Crippen molar-refractivity contribution in [2.75, 3.05) is 31.1 Å². The van der Waals surface area contributed by atoms with E-state index in [9.17, 15) is 4.79 Å². The fourth-order valence-corrected chi connectivity index (χ4v) is 3.93. The van der Waals surface area contributed by atoms with Crippen molar-refractivity contribution in [2.24, 2.45) is 14.1 Å². The summed E-state index contributed by atoms with van der Waals surface area (Å²) in [7, 11) is 3.72. The largest absolute Gasteiger partial charge is 0.352 e. The normalized spacial score (nSPS) is 14.9. The highest BCUT2D eigenvalue weighted by atomic mass is 16.2. The van der Waals surface area contributed by atoms with Crippen molar-refractivity contribution in [1.29, 1.82) is 0 Å². The van der Waals surface area contributed by atoms with Crippen LogP contribution in [0.4, 0.5) is 5.82 Å². The van der Waals surface area contributed by atoms with E-state index in [1.54, 1.807) is 28.1 Å². The lowest BCUT2D eigenvalue weighted by Crippen LogP contribution is -2.49. The molecule has 1 saturated heterocycles. The van der Waals surface area contributed by atoms with E-state index < -0.39 is 0 Å². The molecule has 148 valence electrons. The Labute approximate surface area is 166 Å². The van der Waals surface area contributed by atoms with Crippen LogP contribution in [0.25, 0.3) is 22.1 Å². The van der Waals surface area contributed by atoms with Gasteiger partial charge >= 0.3 is 0 Å². The third-order valence-electron chi connectivity index (χ3n) is 5.48. The molecule has 0 radical (unpaired) electrons. The van der Waals surface area contributed by atoms with E-state index in [1.807, 2.05) is 32.0 Å². The number of hydrogen-bond donors (Lipinski definition) is 0. The molecule has 4 aromatic rings. The van der Waals surface area contributed by atoms with Crippen LogP contribution in [-0.2, 0) is 14.1 Å². The van der Waals surface area contributed by atoms with Crippen molar-refractivity contribution in [3.8, 4) is 0 Å². The van der Waals surface area contributed by atoms with Gasteiger partial charge in [-0.05, 0) is 13.0 Å². The average molecular weight is 391 g/mol. The van der Waals surface area contributed by atoms with Gasteiger partial charge in [-0.3, -0.25) is 14.2 Å². The van der Waals surface area contributed by atoms with Crippen molar-refractivity contribution >= 4 is 33.8 Å². The molecule has 1 fully saturated rings. The van der Waals surface area contributed by atoms with Crippen LogP contribution in [-0.4, -0.2) is 71.5 Å². The Kier molecular flexibility index (Phi) is 3.93. The van der Waals surface area contributed by atoms with Crippen molar-refractivity contribution in [1.82, 2.24) is 39.4 Å². The summed E-state index contributed by atoms with van der Waals surface area (Å²) >= 11 is 0. The van der Waals surface area contributed by atoms with Gasteiger partial charge in [0.05, 0.1) is 22.8 Å². The molecule has 5 rings (SSSR count). The standard InChI is InChI=1S/C19H21N9O/c1-12-14-8-13(9-20-16(14)26(3)24-12)19(29)28-6-4-27(5-7-28)18-15-10-23-25(2)17(15)21-11-22-18/h8-11H,4-7H2,1-3H3. The summed E-state index contributed by atoms with van der Waals surface area (Å²) in [6, 6.07) is 1.89. The zero-order valence-corrected chi connectivity index (χ0v) is 16.6. The smallest absolute Gasteiger partial charge is 0.255 e. The van der Waals surface area contributed by atoms with Crippen LogP contribution in [0.3, 0.4) is 0 Å². The van der Waals surface area contributed by atoms with Crippen molar-refractivity contribution in [3.05, 3.63) is 36.0 Å². The molecule has 10 nitrogen and oxygen atoms in total. The molecule has 0 aliphatic carbocycles. The number of pyridine rings is 1. The number of nitrogens with zero attached hydrogens (tertiary/aromatic N) is 9. The third-order valence-corrected chi connectivity index (χ3v) is 5.48. The Balaban J connectivity index is 1.35. The van der Waals surface area contributed by atoms with E-state index in [-0.39, 0.29) is 5.91 Å². The van der Waals surface area contributed by atoms with Crippen LogP contribution >= 0.6 is 0 Å². The Morgan fingerprint density at radius 1 is 0.931 bits per heavy atom. The second kappa shape index (κ2) is 6.50. The maximum atomic E-state index is 13.0. The molecule has 0 spiro atoms. The lowest BCUT2D eigenvalue weighted by atomic mass is 10.1. The predicted molar refractivity (Wildman–Crippen MR) is 108 cm³/mol. The molecule has 1 aliphatic heterocycles. The number of aromatic nitrogens is 7. The number of anilines is 1. The van der Waals surface area contributed by atoms with Gasteiger partial charge in [0.25, 0.3) is 5.91 Å².